The highest BCUT2D eigenvalue weighted by atomic mass is 35.5. The number of benzene rings is 2. The third kappa shape index (κ3) is 5.03. The molecule has 4 nitrogen and oxygen atoms in total. The van der Waals surface area contributed by atoms with Crippen molar-refractivity contribution < 1.29 is 9.53 Å². The largest absolute Gasteiger partial charge is 0.489 e. The van der Waals surface area contributed by atoms with E-state index in [1.54, 1.807) is 11.9 Å². The lowest BCUT2D eigenvalue weighted by molar-refractivity contribution is -0.121. The maximum Gasteiger partial charge on any atom is 0.266 e. The number of aliphatic imine (C=N–C) groups is 1. The van der Waals surface area contributed by atoms with Gasteiger partial charge in [0.25, 0.3) is 5.91 Å². The average Bonchev–Trinajstić information content (AvgIpc) is 2.94. The van der Waals surface area contributed by atoms with Crippen LogP contribution in [0.5, 0.6) is 5.75 Å². The molecule has 1 aliphatic heterocycles. The summed E-state index contributed by atoms with van der Waals surface area (Å²) in [5.74, 6) is 0.580. The van der Waals surface area contributed by atoms with E-state index in [-0.39, 0.29) is 12.0 Å². The number of hydrogen-bond donors (Lipinski definition) is 0. The number of amidine groups is 1. The van der Waals surface area contributed by atoms with Crippen molar-refractivity contribution in [2.24, 2.45) is 4.99 Å². The number of likely N-dealkylation sites (N-methyl/N-ethyl adjacent to an activating group) is 1. The van der Waals surface area contributed by atoms with Crippen molar-refractivity contribution in [3.8, 4) is 5.75 Å². The molecule has 2 aromatic carbocycles. The number of rotatable bonds is 5. The molecule has 1 fully saturated rings. The second-order valence-corrected chi connectivity index (χ2v) is 8.58. The third-order valence-corrected chi connectivity index (χ3v) is 6.23. The first-order valence-corrected chi connectivity index (χ1v) is 10.8. The van der Waals surface area contributed by atoms with Crippen LogP contribution in [0.2, 0.25) is 5.02 Å². The first kappa shape index (κ1) is 21.5. The van der Waals surface area contributed by atoms with Crippen LogP contribution < -0.4 is 4.74 Å². The van der Waals surface area contributed by atoms with Gasteiger partial charge in [-0.25, -0.2) is 4.99 Å². The van der Waals surface area contributed by atoms with Crippen LogP contribution in [0.3, 0.4) is 0 Å². The summed E-state index contributed by atoms with van der Waals surface area (Å²) < 4.78 is 5.81. The summed E-state index contributed by atoms with van der Waals surface area (Å²) in [6.45, 7) is 8.19. The fourth-order valence-electron chi connectivity index (χ4n) is 2.71. The number of hydrogen-bond acceptors (Lipinski definition) is 4. The summed E-state index contributed by atoms with van der Waals surface area (Å²) in [6, 6.07) is 11.6. The second kappa shape index (κ2) is 9.06. The number of thioether (sulfide) groups is 1. The summed E-state index contributed by atoms with van der Waals surface area (Å²) >= 11 is 7.73. The van der Waals surface area contributed by atoms with Crippen LogP contribution in [0.1, 0.15) is 37.0 Å². The molecule has 0 saturated carbocycles. The molecule has 1 amide bonds. The number of nitrogens with zero attached hydrogens (tertiary/aromatic N) is 2. The quantitative estimate of drug-likeness (QED) is 0.519. The van der Waals surface area contributed by atoms with Crippen molar-refractivity contribution >= 4 is 46.2 Å². The smallest absolute Gasteiger partial charge is 0.266 e. The zero-order valence-electron chi connectivity index (χ0n) is 17.3. The highest BCUT2D eigenvalue weighted by Gasteiger charge is 2.30. The molecule has 0 spiro atoms. The van der Waals surface area contributed by atoms with Crippen molar-refractivity contribution in [3.63, 3.8) is 0 Å². The molecule has 0 radical (unpaired) electrons. The van der Waals surface area contributed by atoms with E-state index in [4.69, 9.17) is 16.3 Å². The fraction of sp³-hybridized carbons (Fsp3) is 0.304. The van der Waals surface area contributed by atoms with Crippen LogP contribution >= 0.6 is 23.4 Å². The Hall–Kier alpha value is -2.24. The SMILES string of the molecule is CC[C@H](C)Oc1ccc(/C=C2\SC(=Nc3ccc(C)c(C)c3)N(C)C2=O)cc1Cl. The molecule has 1 saturated heterocycles. The van der Waals surface area contributed by atoms with E-state index in [1.165, 1.54) is 22.9 Å². The minimum Gasteiger partial charge on any atom is -0.489 e. The monoisotopic (exact) mass is 428 g/mol. The van der Waals surface area contributed by atoms with Gasteiger partial charge in [-0.3, -0.25) is 9.69 Å². The molecule has 6 heteroatoms. The zero-order valence-corrected chi connectivity index (χ0v) is 18.9. The van der Waals surface area contributed by atoms with Crippen LogP contribution in [0.25, 0.3) is 6.08 Å². The van der Waals surface area contributed by atoms with Gasteiger partial charge >= 0.3 is 0 Å². The highest BCUT2D eigenvalue weighted by Crippen LogP contribution is 2.35. The van der Waals surface area contributed by atoms with Crippen LogP contribution in [-0.4, -0.2) is 29.1 Å². The van der Waals surface area contributed by atoms with Gasteiger partial charge in [-0.2, -0.15) is 0 Å². The molecular weight excluding hydrogens is 404 g/mol. The lowest BCUT2D eigenvalue weighted by atomic mass is 10.1. The molecule has 1 atom stereocenters. The summed E-state index contributed by atoms with van der Waals surface area (Å²) in [7, 11) is 1.74. The number of amides is 1. The molecule has 0 aliphatic carbocycles. The fourth-order valence-corrected chi connectivity index (χ4v) is 3.93. The molecule has 0 aromatic heterocycles. The number of carbonyl (C=O) groups excluding carboxylic acids is 1. The van der Waals surface area contributed by atoms with E-state index in [1.807, 2.05) is 49.4 Å². The van der Waals surface area contributed by atoms with Crippen LogP contribution in [0.15, 0.2) is 46.3 Å². The molecule has 0 unspecified atom stereocenters. The highest BCUT2D eigenvalue weighted by molar-refractivity contribution is 8.18. The topological polar surface area (TPSA) is 41.9 Å². The average molecular weight is 429 g/mol. The van der Waals surface area contributed by atoms with E-state index >= 15 is 0 Å². The zero-order chi connectivity index (χ0) is 21.1. The normalized spacial score (nSPS) is 18.0. The Morgan fingerprint density at radius 3 is 2.62 bits per heavy atom. The Bertz CT molecular complexity index is 1000. The van der Waals surface area contributed by atoms with Crippen molar-refractivity contribution in [1.29, 1.82) is 0 Å². The van der Waals surface area contributed by atoms with Crippen LogP contribution in [0, 0.1) is 13.8 Å². The van der Waals surface area contributed by atoms with Gasteiger partial charge in [-0.1, -0.05) is 30.7 Å². The molecular formula is C23H25ClN2O2S. The van der Waals surface area contributed by atoms with Gasteiger partial charge in [0.15, 0.2) is 5.17 Å². The van der Waals surface area contributed by atoms with Crippen molar-refractivity contribution in [2.75, 3.05) is 7.05 Å². The summed E-state index contributed by atoms with van der Waals surface area (Å²) in [6.07, 6.45) is 2.84. The number of ether oxygens (including phenoxy) is 1. The second-order valence-electron chi connectivity index (χ2n) is 7.16. The molecule has 152 valence electrons. The number of halogens is 1. The standard InChI is InChI=1S/C23H25ClN2O2S/c1-6-16(4)28-20-10-8-17(12-19(20)24)13-21-22(27)26(5)23(29-21)25-18-9-7-14(2)15(3)11-18/h7-13,16H,6H2,1-5H3/b21-13-,25-23?/t16-/m0/s1. The van der Waals surface area contributed by atoms with Gasteiger partial charge in [-0.05, 0) is 86.0 Å². The van der Waals surface area contributed by atoms with E-state index in [0.717, 1.165) is 17.7 Å². The predicted molar refractivity (Wildman–Crippen MR) is 123 cm³/mol. The van der Waals surface area contributed by atoms with Crippen molar-refractivity contribution in [2.45, 2.75) is 40.2 Å². The summed E-state index contributed by atoms with van der Waals surface area (Å²) in [4.78, 5) is 19.5. The van der Waals surface area contributed by atoms with Crippen molar-refractivity contribution in [3.05, 3.63) is 63.0 Å². The van der Waals surface area contributed by atoms with E-state index < -0.39 is 0 Å². The maximum atomic E-state index is 12.7. The van der Waals surface area contributed by atoms with Gasteiger partial charge in [0.2, 0.25) is 0 Å². The summed E-state index contributed by atoms with van der Waals surface area (Å²) in [5, 5.41) is 1.19. The molecule has 3 rings (SSSR count). The first-order chi connectivity index (χ1) is 13.8. The Morgan fingerprint density at radius 2 is 1.97 bits per heavy atom. The van der Waals surface area contributed by atoms with Crippen molar-refractivity contribution in [1.82, 2.24) is 4.90 Å². The van der Waals surface area contributed by atoms with Gasteiger partial charge in [0.1, 0.15) is 5.75 Å². The molecule has 1 heterocycles. The first-order valence-electron chi connectivity index (χ1n) is 9.58. The number of carbonyl (C=O) groups is 1. The Labute approximate surface area is 181 Å². The molecule has 1 aliphatic rings. The van der Waals surface area contributed by atoms with E-state index in [0.29, 0.717) is 20.8 Å². The Balaban J connectivity index is 1.83. The van der Waals surface area contributed by atoms with Crippen LogP contribution in [0.4, 0.5) is 5.69 Å². The van der Waals surface area contributed by atoms with Gasteiger partial charge in [-0.15, -0.1) is 0 Å². The van der Waals surface area contributed by atoms with Gasteiger partial charge < -0.3 is 4.74 Å². The van der Waals surface area contributed by atoms with Crippen LogP contribution in [-0.2, 0) is 4.79 Å². The van der Waals surface area contributed by atoms with E-state index in [2.05, 4.69) is 25.8 Å². The minimum atomic E-state index is -0.0753. The Kier molecular flexibility index (Phi) is 6.70. The lowest BCUT2D eigenvalue weighted by Gasteiger charge is -2.14. The molecule has 0 N–H and O–H groups in total. The maximum absolute atomic E-state index is 12.7. The number of aryl methyl sites for hydroxylation is 2. The van der Waals surface area contributed by atoms with Gasteiger partial charge in [0, 0.05) is 7.05 Å². The Morgan fingerprint density at radius 1 is 1.21 bits per heavy atom. The predicted octanol–water partition coefficient (Wildman–Crippen LogP) is 6.37. The van der Waals surface area contributed by atoms with Gasteiger partial charge in [0.05, 0.1) is 21.7 Å². The lowest BCUT2D eigenvalue weighted by Crippen LogP contribution is -2.23. The molecule has 2 aromatic rings. The summed E-state index contributed by atoms with van der Waals surface area (Å²) in [5.41, 5.74) is 4.08. The molecule has 29 heavy (non-hydrogen) atoms. The van der Waals surface area contributed by atoms with E-state index in [9.17, 15) is 4.79 Å². The third-order valence-electron chi connectivity index (χ3n) is 4.88. The molecule has 0 bridgehead atoms. The minimum absolute atomic E-state index is 0.0753.